The van der Waals surface area contributed by atoms with Crippen molar-refractivity contribution in [3.8, 4) is 0 Å². The number of carbonyl (C=O) groups is 1. The molecule has 7 nitrogen and oxygen atoms in total. The van der Waals surface area contributed by atoms with E-state index in [9.17, 15) is 9.59 Å². The van der Waals surface area contributed by atoms with Gasteiger partial charge in [-0.15, -0.1) is 0 Å². The first-order valence-corrected chi connectivity index (χ1v) is 8.87. The van der Waals surface area contributed by atoms with Crippen molar-refractivity contribution in [3.63, 3.8) is 0 Å². The number of rotatable bonds is 5. The number of fused-ring (bicyclic) bond motifs is 1. The summed E-state index contributed by atoms with van der Waals surface area (Å²) in [7, 11) is 0. The minimum atomic E-state index is -0.368. The van der Waals surface area contributed by atoms with Crippen molar-refractivity contribution in [3.05, 3.63) is 28.2 Å². The molecule has 4 rings (SSSR count). The smallest absolute Gasteiger partial charge is 0.264 e. The molecule has 2 heterocycles. The zero-order valence-corrected chi connectivity index (χ0v) is 13.7. The van der Waals surface area contributed by atoms with Crippen molar-refractivity contribution >= 4 is 5.91 Å². The van der Waals surface area contributed by atoms with Crippen LogP contribution in [0.3, 0.4) is 0 Å². The number of aromatic nitrogens is 2. The third-order valence-corrected chi connectivity index (χ3v) is 5.51. The van der Waals surface area contributed by atoms with Gasteiger partial charge < -0.3 is 15.4 Å². The SMILES string of the molecule is O=C(N[C@H]1C[C@H]2CNC[C@H]2C[C@@H]1OCC1CC1)c1cn[nH]c(=O)c1. The molecule has 1 amide bonds. The minimum absolute atomic E-state index is 0.00307. The molecule has 1 aromatic heterocycles. The van der Waals surface area contributed by atoms with E-state index < -0.39 is 0 Å². The van der Waals surface area contributed by atoms with Crippen molar-refractivity contribution in [2.24, 2.45) is 17.8 Å². The van der Waals surface area contributed by atoms with E-state index >= 15 is 0 Å². The van der Waals surface area contributed by atoms with Crippen LogP contribution in [0.4, 0.5) is 0 Å². The predicted octanol–water partition coefficient (Wildman–Crippen LogP) is 0.293. The van der Waals surface area contributed by atoms with Gasteiger partial charge in [0.2, 0.25) is 0 Å². The molecule has 130 valence electrons. The molecule has 0 radical (unpaired) electrons. The number of aromatic amines is 1. The molecule has 7 heteroatoms. The minimum Gasteiger partial charge on any atom is -0.376 e. The summed E-state index contributed by atoms with van der Waals surface area (Å²) >= 11 is 0. The highest BCUT2D eigenvalue weighted by Gasteiger charge is 2.41. The summed E-state index contributed by atoms with van der Waals surface area (Å²) in [5.41, 5.74) is -0.0701. The van der Waals surface area contributed by atoms with E-state index in [1.54, 1.807) is 0 Å². The highest BCUT2D eigenvalue weighted by molar-refractivity contribution is 5.93. The van der Waals surface area contributed by atoms with Gasteiger partial charge in [-0.1, -0.05) is 0 Å². The lowest BCUT2D eigenvalue weighted by Crippen LogP contribution is -2.50. The van der Waals surface area contributed by atoms with Crippen LogP contribution in [-0.2, 0) is 4.74 Å². The van der Waals surface area contributed by atoms with Crippen molar-refractivity contribution < 1.29 is 9.53 Å². The Hall–Kier alpha value is -1.73. The maximum absolute atomic E-state index is 12.5. The Morgan fingerprint density at radius 2 is 2.08 bits per heavy atom. The number of nitrogens with one attached hydrogen (secondary N) is 3. The molecule has 0 spiro atoms. The normalized spacial score (nSPS) is 32.3. The fourth-order valence-corrected chi connectivity index (χ4v) is 3.91. The van der Waals surface area contributed by atoms with Gasteiger partial charge in [0, 0.05) is 12.7 Å². The van der Waals surface area contributed by atoms with E-state index in [-0.39, 0.29) is 23.6 Å². The Balaban J connectivity index is 1.44. The first kappa shape index (κ1) is 15.8. The number of H-pyrrole nitrogens is 1. The Bertz CT molecular complexity index is 657. The Morgan fingerprint density at radius 1 is 1.29 bits per heavy atom. The quantitative estimate of drug-likeness (QED) is 0.720. The van der Waals surface area contributed by atoms with Crippen LogP contribution in [0.5, 0.6) is 0 Å². The standard InChI is InChI=1S/C17H24N4O3/c22-16-5-13(8-19-21-16)17(23)20-14-3-11-6-18-7-12(11)4-15(14)24-9-10-1-2-10/h5,8,10-12,14-15,18H,1-4,6-7,9H2,(H,20,23)(H,21,22)/t11-,12+,14-,15-/m0/s1. The Kier molecular flexibility index (Phi) is 4.37. The lowest BCUT2D eigenvalue weighted by molar-refractivity contribution is -0.0211. The Morgan fingerprint density at radius 3 is 2.83 bits per heavy atom. The molecule has 1 aromatic rings. The van der Waals surface area contributed by atoms with Gasteiger partial charge in [-0.05, 0) is 56.5 Å². The maximum Gasteiger partial charge on any atom is 0.264 e. The molecule has 2 saturated carbocycles. The van der Waals surface area contributed by atoms with Crippen molar-refractivity contribution in [1.29, 1.82) is 0 Å². The molecule has 0 aromatic carbocycles. The van der Waals surface area contributed by atoms with Crippen LogP contribution in [0.15, 0.2) is 17.1 Å². The largest absolute Gasteiger partial charge is 0.376 e. The molecule has 0 unspecified atom stereocenters. The first-order valence-electron chi connectivity index (χ1n) is 8.87. The summed E-state index contributed by atoms with van der Waals surface area (Å²) in [5.74, 6) is 1.69. The molecule has 2 aliphatic carbocycles. The molecule has 1 saturated heterocycles. The van der Waals surface area contributed by atoms with Crippen molar-refractivity contribution in [2.45, 2.75) is 37.8 Å². The zero-order chi connectivity index (χ0) is 16.5. The fraction of sp³-hybridized carbons (Fsp3) is 0.706. The molecular formula is C17H24N4O3. The van der Waals surface area contributed by atoms with E-state index in [4.69, 9.17) is 4.74 Å². The summed E-state index contributed by atoms with van der Waals surface area (Å²) in [6.45, 7) is 2.86. The predicted molar refractivity (Wildman–Crippen MR) is 87.7 cm³/mol. The number of hydrogen-bond acceptors (Lipinski definition) is 5. The van der Waals surface area contributed by atoms with Gasteiger partial charge in [-0.2, -0.15) is 5.10 Å². The number of nitrogens with zero attached hydrogens (tertiary/aromatic N) is 1. The van der Waals surface area contributed by atoms with Crippen LogP contribution in [0.2, 0.25) is 0 Å². The van der Waals surface area contributed by atoms with Gasteiger partial charge in [-0.3, -0.25) is 9.59 Å². The lowest BCUT2D eigenvalue weighted by atomic mass is 9.77. The van der Waals surface area contributed by atoms with Crippen LogP contribution in [-0.4, -0.2) is 47.9 Å². The van der Waals surface area contributed by atoms with Gasteiger partial charge in [0.25, 0.3) is 11.5 Å². The number of carbonyl (C=O) groups excluding carboxylic acids is 1. The Labute approximate surface area is 140 Å². The fourth-order valence-electron chi connectivity index (χ4n) is 3.91. The average molecular weight is 332 g/mol. The molecule has 3 fully saturated rings. The van der Waals surface area contributed by atoms with Crippen molar-refractivity contribution in [1.82, 2.24) is 20.8 Å². The van der Waals surface area contributed by atoms with Crippen LogP contribution in [0.25, 0.3) is 0 Å². The molecule has 0 bridgehead atoms. The second-order valence-electron chi connectivity index (χ2n) is 7.38. The molecule has 3 N–H and O–H groups in total. The maximum atomic E-state index is 12.5. The monoisotopic (exact) mass is 332 g/mol. The number of ether oxygens (including phenoxy) is 1. The van der Waals surface area contributed by atoms with Gasteiger partial charge >= 0.3 is 0 Å². The highest BCUT2D eigenvalue weighted by Crippen LogP contribution is 2.36. The van der Waals surface area contributed by atoms with E-state index in [1.165, 1.54) is 25.1 Å². The van der Waals surface area contributed by atoms with Gasteiger partial charge in [0.05, 0.1) is 23.9 Å². The second kappa shape index (κ2) is 6.64. The van der Waals surface area contributed by atoms with Crippen LogP contribution in [0, 0.1) is 17.8 Å². The zero-order valence-electron chi connectivity index (χ0n) is 13.7. The third-order valence-electron chi connectivity index (χ3n) is 5.51. The first-order chi connectivity index (χ1) is 11.7. The third kappa shape index (κ3) is 3.52. The average Bonchev–Trinajstić information content (AvgIpc) is 3.29. The topological polar surface area (TPSA) is 96.1 Å². The summed E-state index contributed by atoms with van der Waals surface area (Å²) < 4.78 is 6.16. The van der Waals surface area contributed by atoms with Gasteiger partial charge in [-0.25, -0.2) is 5.10 Å². The van der Waals surface area contributed by atoms with Gasteiger partial charge in [0.15, 0.2) is 0 Å². The van der Waals surface area contributed by atoms with Crippen LogP contribution < -0.4 is 16.2 Å². The number of hydrogen-bond donors (Lipinski definition) is 3. The molecule has 4 atom stereocenters. The number of amides is 1. The van der Waals surface area contributed by atoms with E-state index in [2.05, 4.69) is 20.8 Å². The lowest BCUT2D eigenvalue weighted by Gasteiger charge is -2.38. The summed E-state index contributed by atoms with van der Waals surface area (Å²) in [6.07, 6.45) is 5.88. The van der Waals surface area contributed by atoms with Crippen LogP contribution >= 0.6 is 0 Å². The van der Waals surface area contributed by atoms with Crippen molar-refractivity contribution in [2.75, 3.05) is 19.7 Å². The van der Waals surface area contributed by atoms with E-state index in [1.807, 2.05) is 0 Å². The van der Waals surface area contributed by atoms with E-state index in [0.717, 1.165) is 32.5 Å². The van der Waals surface area contributed by atoms with Gasteiger partial charge in [0.1, 0.15) is 0 Å². The second-order valence-corrected chi connectivity index (χ2v) is 7.38. The van der Waals surface area contributed by atoms with Crippen LogP contribution in [0.1, 0.15) is 36.0 Å². The molecule has 1 aliphatic heterocycles. The molecule has 24 heavy (non-hydrogen) atoms. The molecular weight excluding hydrogens is 308 g/mol. The molecule has 3 aliphatic rings. The summed E-state index contributed by atoms with van der Waals surface area (Å²) in [5, 5.41) is 12.5. The van der Waals surface area contributed by atoms with E-state index in [0.29, 0.717) is 23.3 Å². The highest BCUT2D eigenvalue weighted by atomic mass is 16.5. The summed E-state index contributed by atoms with van der Waals surface area (Å²) in [4.78, 5) is 23.8. The summed E-state index contributed by atoms with van der Waals surface area (Å²) in [6, 6.07) is 1.28.